The van der Waals surface area contributed by atoms with E-state index in [0.717, 1.165) is 28.0 Å². The maximum absolute atomic E-state index is 13.1. The van der Waals surface area contributed by atoms with E-state index in [1.54, 1.807) is 31.6 Å². The molecule has 6 heteroatoms. The first-order valence-electron chi connectivity index (χ1n) is 8.74. The van der Waals surface area contributed by atoms with E-state index in [0.29, 0.717) is 28.6 Å². The van der Waals surface area contributed by atoms with Crippen LogP contribution in [0.5, 0.6) is 5.88 Å². The summed E-state index contributed by atoms with van der Waals surface area (Å²) in [5, 5.41) is 2.91. The van der Waals surface area contributed by atoms with Gasteiger partial charge in [0, 0.05) is 46.1 Å². The largest absolute Gasteiger partial charge is 0.481 e. The van der Waals surface area contributed by atoms with Gasteiger partial charge in [0.15, 0.2) is 0 Å². The zero-order valence-corrected chi connectivity index (χ0v) is 15.2. The summed E-state index contributed by atoms with van der Waals surface area (Å²) in [6, 6.07) is 7.38. The quantitative estimate of drug-likeness (QED) is 0.586. The second kappa shape index (κ2) is 5.54. The molecule has 1 atom stereocenters. The van der Waals surface area contributed by atoms with Crippen molar-refractivity contribution < 1.29 is 13.9 Å². The zero-order chi connectivity index (χ0) is 18.7. The molecule has 0 fully saturated rings. The number of carbonyl (C=O) groups excluding carboxylic acids is 1. The van der Waals surface area contributed by atoms with Gasteiger partial charge in [0.1, 0.15) is 11.2 Å². The van der Waals surface area contributed by atoms with E-state index in [9.17, 15) is 4.79 Å². The summed E-state index contributed by atoms with van der Waals surface area (Å²) in [5.41, 5.74) is 7.63. The summed E-state index contributed by atoms with van der Waals surface area (Å²) in [7, 11) is 1.55. The fourth-order valence-electron chi connectivity index (χ4n) is 3.66. The van der Waals surface area contributed by atoms with Crippen LogP contribution in [0.4, 0.5) is 5.69 Å². The summed E-state index contributed by atoms with van der Waals surface area (Å²) in [5.74, 6) is 0.631. The van der Waals surface area contributed by atoms with Crippen molar-refractivity contribution in [3.63, 3.8) is 0 Å². The first-order chi connectivity index (χ1) is 13.1. The normalized spacial score (nSPS) is 15.0. The molecule has 1 N–H and O–H groups in total. The fraction of sp³-hybridized carbons (Fsp3) is 0.190. The van der Waals surface area contributed by atoms with Crippen molar-refractivity contribution in [1.82, 2.24) is 9.97 Å². The smallest absolute Gasteiger partial charge is 0.260 e. The lowest BCUT2D eigenvalue weighted by Gasteiger charge is -2.08. The van der Waals surface area contributed by atoms with Crippen LogP contribution in [-0.4, -0.2) is 23.0 Å². The number of methoxy groups -OCH3 is 1. The second-order valence-corrected chi connectivity index (χ2v) is 6.79. The molecule has 4 aromatic heterocycles. The van der Waals surface area contributed by atoms with Crippen molar-refractivity contribution in [2.45, 2.75) is 19.8 Å². The Labute approximate surface area is 155 Å². The van der Waals surface area contributed by atoms with E-state index in [1.165, 1.54) is 5.56 Å². The van der Waals surface area contributed by atoms with Crippen LogP contribution in [0.15, 0.2) is 41.1 Å². The number of anilines is 1. The minimum absolute atomic E-state index is 0.215. The van der Waals surface area contributed by atoms with E-state index in [2.05, 4.69) is 22.2 Å². The first kappa shape index (κ1) is 15.8. The second-order valence-electron chi connectivity index (χ2n) is 6.79. The molecule has 1 aliphatic rings. The zero-order valence-electron chi connectivity index (χ0n) is 15.2. The number of ether oxygens (including phenoxy) is 1. The summed E-state index contributed by atoms with van der Waals surface area (Å²) >= 11 is 0. The van der Waals surface area contributed by atoms with Crippen LogP contribution in [0, 0.1) is 6.92 Å². The van der Waals surface area contributed by atoms with Gasteiger partial charge in [-0.1, -0.05) is 13.0 Å². The third kappa shape index (κ3) is 2.30. The average molecular weight is 359 g/mol. The SMILES string of the molecule is COc1ccc(NC(=O)c2c(-c3ccc(C)nc3)c3oc2c2c3[C@H]2C)cn1. The molecular formula is C21H17N3O3. The molecule has 2 bridgehead atoms. The maximum Gasteiger partial charge on any atom is 0.260 e. The predicted octanol–water partition coefficient (Wildman–Crippen LogP) is 4.36. The highest BCUT2D eigenvalue weighted by atomic mass is 16.5. The molecule has 0 aliphatic heterocycles. The summed E-state index contributed by atoms with van der Waals surface area (Å²) < 4.78 is 11.0. The van der Waals surface area contributed by atoms with E-state index >= 15 is 0 Å². The first-order valence-corrected chi connectivity index (χ1v) is 8.74. The Kier molecular flexibility index (Phi) is 3.25. The monoisotopic (exact) mass is 359 g/mol. The number of furan rings is 2. The molecule has 4 heterocycles. The highest BCUT2D eigenvalue weighted by molar-refractivity contribution is 6.19. The number of carbonyl (C=O) groups is 1. The van der Waals surface area contributed by atoms with Crippen LogP contribution in [0.2, 0.25) is 0 Å². The van der Waals surface area contributed by atoms with Crippen LogP contribution in [0.25, 0.3) is 22.3 Å². The van der Waals surface area contributed by atoms with Crippen molar-refractivity contribution in [3.8, 4) is 17.0 Å². The highest BCUT2D eigenvalue weighted by Crippen LogP contribution is 2.57. The Morgan fingerprint density at radius 2 is 1.93 bits per heavy atom. The minimum atomic E-state index is -0.215. The molecule has 0 radical (unpaired) electrons. The van der Waals surface area contributed by atoms with Crippen LogP contribution in [0.1, 0.15) is 40.0 Å². The van der Waals surface area contributed by atoms with Crippen molar-refractivity contribution >= 4 is 22.8 Å². The van der Waals surface area contributed by atoms with Gasteiger partial charge in [-0.25, -0.2) is 4.98 Å². The van der Waals surface area contributed by atoms with Crippen molar-refractivity contribution in [1.29, 1.82) is 0 Å². The molecule has 0 saturated heterocycles. The molecule has 134 valence electrons. The van der Waals surface area contributed by atoms with Gasteiger partial charge in [0.25, 0.3) is 5.91 Å². The van der Waals surface area contributed by atoms with Gasteiger partial charge in [0.2, 0.25) is 5.88 Å². The molecule has 0 saturated carbocycles. The topological polar surface area (TPSA) is 77.2 Å². The van der Waals surface area contributed by atoms with Gasteiger partial charge in [0.05, 0.1) is 24.6 Å². The Morgan fingerprint density at radius 1 is 1.11 bits per heavy atom. The van der Waals surface area contributed by atoms with Crippen LogP contribution < -0.4 is 10.1 Å². The van der Waals surface area contributed by atoms with E-state index in [4.69, 9.17) is 9.15 Å². The summed E-state index contributed by atoms with van der Waals surface area (Å²) in [4.78, 5) is 21.6. The fourth-order valence-corrected chi connectivity index (χ4v) is 3.66. The third-order valence-electron chi connectivity index (χ3n) is 5.10. The Bertz CT molecular complexity index is 1160. The number of hydrogen-bond donors (Lipinski definition) is 1. The van der Waals surface area contributed by atoms with E-state index in [1.807, 2.05) is 19.1 Å². The van der Waals surface area contributed by atoms with Crippen molar-refractivity contribution in [2.75, 3.05) is 12.4 Å². The van der Waals surface area contributed by atoms with E-state index < -0.39 is 0 Å². The predicted molar refractivity (Wildman–Crippen MR) is 102 cm³/mol. The van der Waals surface area contributed by atoms with Gasteiger partial charge < -0.3 is 14.5 Å². The summed E-state index contributed by atoms with van der Waals surface area (Å²) in [6.07, 6.45) is 3.36. The van der Waals surface area contributed by atoms with Crippen LogP contribution in [0.3, 0.4) is 0 Å². The van der Waals surface area contributed by atoms with Crippen molar-refractivity contribution in [3.05, 3.63) is 59.0 Å². The number of aryl methyl sites for hydroxylation is 1. The molecule has 0 unspecified atom stereocenters. The van der Waals surface area contributed by atoms with Crippen molar-refractivity contribution in [2.24, 2.45) is 0 Å². The molecule has 5 rings (SSSR count). The Hall–Kier alpha value is -3.41. The third-order valence-corrected chi connectivity index (χ3v) is 5.10. The van der Waals surface area contributed by atoms with Crippen LogP contribution >= 0.6 is 0 Å². The van der Waals surface area contributed by atoms with Gasteiger partial charge >= 0.3 is 0 Å². The number of rotatable bonds is 4. The number of nitrogens with zero attached hydrogens (tertiary/aromatic N) is 2. The average Bonchev–Trinajstić information content (AvgIpc) is 3.03. The molecule has 1 amide bonds. The van der Waals surface area contributed by atoms with Gasteiger partial charge in [-0.15, -0.1) is 0 Å². The molecule has 0 spiro atoms. The highest BCUT2D eigenvalue weighted by Gasteiger charge is 2.44. The molecule has 0 aromatic carbocycles. The Morgan fingerprint density at radius 3 is 2.59 bits per heavy atom. The van der Waals surface area contributed by atoms with E-state index in [-0.39, 0.29) is 5.91 Å². The van der Waals surface area contributed by atoms with Gasteiger partial charge in [-0.2, -0.15) is 0 Å². The number of aromatic nitrogens is 2. The lowest BCUT2D eigenvalue weighted by Crippen LogP contribution is -2.13. The number of nitrogens with one attached hydrogen (secondary N) is 1. The number of benzene rings is 1. The molecule has 4 aromatic rings. The number of hydrogen-bond acceptors (Lipinski definition) is 5. The van der Waals surface area contributed by atoms with Gasteiger partial charge in [-0.3, -0.25) is 9.78 Å². The molecule has 1 aliphatic carbocycles. The minimum Gasteiger partial charge on any atom is -0.481 e. The molecular weight excluding hydrogens is 342 g/mol. The lowest BCUT2D eigenvalue weighted by molar-refractivity contribution is 0.102. The maximum atomic E-state index is 13.1. The Balaban J connectivity index is 1.57. The van der Waals surface area contributed by atoms with Crippen LogP contribution in [-0.2, 0) is 0 Å². The number of amides is 1. The number of pyridine rings is 2. The summed E-state index contributed by atoms with van der Waals surface area (Å²) in [6.45, 7) is 4.07. The molecule has 6 nitrogen and oxygen atoms in total. The lowest BCUT2D eigenvalue weighted by atomic mass is 10.0. The standard InChI is InChI=1S/C21H17N3O3/c1-10-4-5-12(8-22-10)17-18(20-16-11(2)15(16)19(17)27-20)21(25)24-13-6-7-14(26-3)23-9-13/h4-9,11H,1-3H3,(H,24,25)/t11-/m1/s1. The molecule has 27 heavy (non-hydrogen) atoms. The number of fused-ring (bicyclic) bond motifs is 5. The van der Waals surface area contributed by atoms with Gasteiger partial charge in [-0.05, 0) is 19.1 Å².